The van der Waals surface area contributed by atoms with Crippen LogP contribution in [-0.4, -0.2) is 23.0 Å². The van der Waals surface area contributed by atoms with E-state index < -0.39 is 0 Å². The van der Waals surface area contributed by atoms with Gasteiger partial charge in [-0.15, -0.1) is 0 Å². The molecular weight excluding hydrogens is 332 g/mol. The number of rotatable bonds is 2. The van der Waals surface area contributed by atoms with Crippen LogP contribution in [0, 0.1) is 0 Å². The summed E-state index contributed by atoms with van der Waals surface area (Å²) >= 11 is 3.47. The van der Waals surface area contributed by atoms with Gasteiger partial charge in [-0.25, -0.2) is 14.8 Å². The molecule has 0 atom stereocenters. The highest BCUT2D eigenvalue weighted by molar-refractivity contribution is 9.10. The number of allylic oxidation sites excluding steroid dienone is 4. The zero-order valence-corrected chi connectivity index (χ0v) is 13.1. The first-order valence-electron chi connectivity index (χ1n) is 6.62. The number of fused-ring (bicyclic) bond motifs is 1. The van der Waals surface area contributed by atoms with Crippen molar-refractivity contribution in [2.75, 3.05) is 7.11 Å². The van der Waals surface area contributed by atoms with Crippen molar-refractivity contribution in [2.24, 2.45) is 0 Å². The lowest BCUT2D eigenvalue weighted by Gasteiger charge is -2.09. The molecule has 1 aromatic carbocycles. The molecule has 0 saturated carbocycles. The minimum Gasteiger partial charge on any atom is -0.465 e. The summed E-state index contributed by atoms with van der Waals surface area (Å²) in [7, 11) is 1.36. The Morgan fingerprint density at radius 2 is 2.10 bits per heavy atom. The quantitative estimate of drug-likeness (QED) is 0.775. The molecule has 0 unspecified atom stereocenters. The molecular formula is C16H13BrN2O2. The van der Waals surface area contributed by atoms with Gasteiger partial charge in [0, 0.05) is 0 Å². The molecule has 1 aromatic heterocycles. The molecule has 5 heteroatoms. The normalized spacial score (nSPS) is 14.1. The van der Waals surface area contributed by atoms with Gasteiger partial charge in [0.1, 0.15) is 10.3 Å². The van der Waals surface area contributed by atoms with E-state index in [4.69, 9.17) is 4.74 Å². The molecule has 1 heterocycles. The van der Waals surface area contributed by atoms with E-state index in [2.05, 4.69) is 44.1 Å². The lowest BCUT2D eigenvalue weighted by atomic mass is 10.0. The number of hydrogen-bond donors (Lipinski definition) is 0. The SMILES string of the molecule is COC(=O)c1ccc2nc(C3=CCCC=C3)c(Br)nc2c1. The van der Waals surface area contributed by atoms with E-state index in [1.807, 2.05) is 0 Å². The van der Waals surface area contributed by atoms with Crippen molar-refractivity contribution in [3.8, 4) is 0 Å². The van der Waals surface area contributed by atoms with Crippen LogP contribution in [0.5, 0.6) is 0 Å². The zero-order valence-electron chi connectivity index (χ0n) is 11.5. The number of carbonyl (C=O) groups excluding carboxylic acids is 1. The lowest BCUT2D eigenvalue weighted by molar-refractivity contribution is 0.0601. The summed E-state index contributed by atoms with van der Waals surface area (Å²) in [5.74, 6) is -0.378. The van der Waals surface area contributed by atoms with Crippen molar-refractivity contribution in [1.82, 2.24) is 9.97 Å². The fraction of sp³-hybridized carbons (Fsp3) is 0.188. The second-order valence-corrected chi connectivity index (χ2v) is 5.45. The first-order chi connectivity index (χ1) is 10.2. The number of carbonyl (C=O) groups is 1. The molecule has 0 fully saturated rings. The smallest absolute Gasteiger partial charge is 0.337 e. The summed E-state index contributed by atoms with van der Waals surface area (Å²) < 4.78 is 5.39. The Kier molecular flexibility index (Phi) is 3.84. The molecule has 3 rings (SSSR count). The van der Waals surface area contributed by atoms with Gasteiger partial charge in [0.15, 0.2) is 0 Å². The third kappa shape index (κ3) is 2.74. The number of aromatic nitrogens is 2. The molecule has 0 spiro atoms. The number of benzene rings is 1. The summed E-state index contributed by atoms with van der Waals surface area (Å²) in [5, 5.41) is 0. The van der Waals surface area contributed by atoms with Crippen LogP contribution in [0.15, 0.2) is 41.0 Å². The highest BCUT2D eigenvalue weighted by Gasteiger charge is 2.13. The van der Waals surface area contributed by atoms with Gasteiger partial charge in [-0.05, 0) is 52.5 Å². The first kappa shape index (κ1) is 13.9. The van der Waals surface area contributed by atoms with E-state index in [1.54, 1.807) is 18.2 Å². The fourth-order valence-corrected chi connectivity index (χ4v) is 2.76. The maximum Gasteiger partial charge on any atom is 0.337 e. The molecule has 0 N–H and O–H groups in total. The zero-order chi connectivity index (χ0) is 14.8. The average molecular weight is 345 g/mol. The van der Waals surface area contributed by atoms with Gasteiger partial charge in [0.05, 0.1) is 23.7 Å². The Hall–Kier alpha value is -2.01. The van der Waals surface area contributed by atoms with Gasteiger partial charge in [0.25, 0.3) is 0 Å². The number of esters is 1. The van der Waals surface area contributed by atoms with Crippen LogP contribution in [-0.2, 0) is 4.74 Å². The Labute approximate surface area is 130 Å². The standard InChI is InChI=1S/C16H13BrN2O2/c1-21-16(20)11-7-8-12-13(9-11)19-15(17)14(18-12)10-5-3-2-4-6-10/h3,5-9H,2,4H2,1H3. The van der Waals surface area contributed by atoms with Crippen LogP contribution in [0.2, 0.25) is 0 Å². The molecule has 4 nitrogen and oxygen atoms in total. The van der Waals surface area contributed by atoms with Crippen LogP contribution >= 0.6 is 15.9 Å². The largest absolute Gasteiger partial charge is 0.465 e. The predicted molar refractivity (Wildman–Crippen MR) is 84.9 cm³/mol. The Morgan fingerprint density at radius 1 is 1.24 bits per heavy atom. The van der Waals surface area contributed by atoms with E-state index in [9.17, 15) is 4.79 Å². The molecule has 1 aliphatic carbocycles. The molecule has 0 radical (unpaired) electrons. The molecule has 2 aromatic rings. The van der Waals surface area contributed by atoms with Crippen molar-refractivity contribution in [2.45, 2.75) is 12.8 Å². The first-order valence-corrected chi connectivity index (χ1v) is 7.41. The molecule has 0 saturated heterocycles. The van der Waals surface area contributed by atoms with Crippen LogP contribution in [0.3, 0.4) is 0 Å². The Balaban J connectivity index is 2.10. The topological polar surface area (TPSA) is 52.1 Å². The second kappa shape index (κ2) is 5.77. The summed E-state index contributed by atoms with van der Waals surface area (Å²) in [5.41, 5.74) is 3.77. The molecule has 106 valence electrons. The number of nitrogens with zero attached hydrogens (tertiary/aromatic N) is 2. The van der Waals surface area contributed by atoms with Crippen molar-refractivity contribution in [3.05, 3.63) is 52.3 Å². The van der Waals surface area contributed by atoms with E-state index in [1.165, 1.54) is 7.11 Å². The number of ether oxygens (including phenoxy) is 1. The third-order valence-electron chi connectivity index (χ3n) is 3.31. The minimum absolute atomic E-state index is 0.378. The molecule has 0 aliphatic heterocycles. The molecule has 0 bridgehead atoms. The number of methoxy groups -OCH3 is 1. The van der Waals surface area contributed by atoms with Gasteiger partial charge in [-0.3, -0.25) is 0 Å². The van der Waals surface area contributed by atoms with Crippen LogP contribution in [0.25, 0.3) is 16.6 Å². The maximum absolute atomic E-state index is 11.6. The summed E-state index contributed by atoms with van der Waals surface area (Å²) in [4.78, 5) is 20.7. The Bertz CT molecular complexity index is 781. The summed E-state index contributed by atoms with van der Waals surface area (Å²) in [6, 6.07) is 5.18. The van der Waals surface area contributed by atoms with E-state index in [-0.39, 0.29) is 5.97 Å². The van der Waals surface area contributed by atoms with Gasteiger partial charge in [-0.2, -0.15) is 0 Å². The molecule has 21 heavy (non-hydrogen) atoms. The van der Waals surface area contributed by atoms with Crippen LogP contribution < -0.4 is 0 Å². The van der Waals surface area contributed by atoms with Crippen molar-refractivity contribution in [1.29, 1.82) is 0 Å². The number of hydrogen-bond acceptors (Lipinski definition) is 4. The van der Waals surface area contributed by atoms with E-state index in [0.717, 1.165) is 29.6 Å². The lowest BCUT2D eigenvalue weighted by Crippen LogP contribution is -2.02. The molecule has 0 amide bonds. The van der Waals surface area contributed by atoms with E-state index in [0.29, 0.717) is 15.7 Å². The Morgan fingerprint density at radius 3 is 2.81 bits per heavy atom. The van der Waals surface area contributed by atoms with Crippen molar-refractivity contribution in [3.63, 3.8) is 0 Å². The van der Waals surface area contributed by atoms with Gasteiger partial charge < -0.3 is 4.74 Å². The minimum atomic E-state index is -0.378. The highest BCUT2D eigenvalue weighted by atomic mass is 79.9. The van der Waals surface area contributed by atoms with Crippen LogP contribution in [0.4, 0.5) is 0 Å². The monoisotopic (exact) mass is 344 g/mol. The van der Waals surface area contributed by atoms with Crippen molar-refractivity contribution < 1.29 is 9.53 Å². The van der Waals surface area contributed by atoms with Gasteiger partial charge in [-0.1, -0.05) is 18.2 Å². The maximum atomic E-state index is 11.6. The third-order valence-corrected chi connectivity index (χ3v) is 3.86. The van der Waals surface area contributed by atoms with Gasteiger partial charge in [0.2, 0.25) is 0 Å². The van der Waals surface area contributed by atoms with Gasteiger partial charge >= 0.3 is 5.97 Å². The van der Waals surface area contributed by atoms with Crippen LogP contribution in [0.1, 0.15) is 28.9 Å². The van der Waals surface area contributed by atoms with E-state index >= 15 is 0 Å². The molecule has 1 aliphatic rings. The highest BCUT2D eigenvalue weighted by Crippen LogP contribution is 2.27. The number of halogens is 1. The summed E-state index contributed by atoms with van der Waals surface area (Å²) in [6.45, 7) is 0. The summed E-state index contributed by atoms with van der Waals surface area (Å²) in [6.07, 6.45) is 8.42. The van der Waals surface area contributed by atoms with Crippen molar-refractivity contribution >= 4 is 38.5 Å². The second-order valence-electron chi connectivity index (χ2n) is 4.70. The fourth-order valence-electron chi connectivity index (χ4n) is 2.25. The predicted octanol–water partition coefficient (Wildman–Crippen LogP) is 3.91. The average Bonchev–Trinajstić information content (AvgIpc) is 2.53.